The number of allylic oxidation sites excluding steroid dienone is 1. The van der Waals surface area contributed by atoms with Crippen molar-refractivity contribution in [3.8, 4) is 0 Å². The number of alkyl halides is 1. The van der Waals surface area contributed by atoms with E-state index in [1.807, 2.05) is 14.1 Å². The minimum Gasteiger partial charge on any atom is -0.477 e. The van der Waals surface area contributed by atoms with Gasteiger partial charge >= 0.3 is 5.97 Å². The minimum atomic E-state index is -1.28. The number of carbonyl (C=O) groups excluding carboxylic acids is 3. The SMILES string of the molecule is C[N+](C)(C/C=C/C(N)=O)C/C=C/C1=C(C(=O)O)N2C(=O)C(NC(=O)/C(=N\OCCF)c3nsc(N)n3)C2SC1. The maximum Gasteiger partial charge on any atom is 0.352 e. The molecule has 1 aromatic rings. The van der Waals surface area contributed by atoms with Crippen LogP contribution in [0.15, 0.2) is 40.7 Å². The number of primary amides is 1. The number of amides is 3. The molecule has 1 fully saturated rings. The van der Waals surface area contributed by atoms with Gasteiger partial charge in [0.05, 0.1) is 27.2 Å². The number of carboxylic acid groups (broad SMARTS) is 1. The Hall–Kier alpha value is -3.83. The van der Waals surface area contributed by atoms with Gasteiger partial charge in [0.25, 0.3) is 11.8 Å². The molecule has 17 heteroatoms. The topological polar surface area (TPSA) is 203 Å². The van der Waals surface area contributed by atoms with Crippen LogP contribution in [0, 0.1) is 0 Å². The van der Waals surface area contributed by atoms with E-state index in [0.29, 0.717) is 23.1 Å². The van der Waals surface area contributed by atoms with Gasteiger partial charge in [-0.1, -0.05) is 11.2 Å². The number of nitrogen functional groups attached to an aromatic ring is 1. The lowest BCUT2D eigenvalue weighted by molar-refractivity contribution is -0.878. The van der Waals surface area contributed by atoms with E-state index in [-0.39, 0.29) is 22.4 Å². The van der Waals surface area contributed by atoms with E-state index in [2.05, 4.69) is 19.8 Å². The Morgan fingerprint density at radius 3 is 2.67 bits per heavy atom. The van der Waals surface area contributed by atoms with Crippen LogP contribution in [-0.4, -0.2) is 111 Å². The number of thioether (sulfide) groups is 1. The molecule has 1 saturated heterocycles. The Morgan fingerprint density at radius 1 is 1.33 bits per heavy atom. The maximum absolute atomic E-state index is 13.0. The first-order valence-corrected chi connectivity index (χ1v) is 13.3. The zero-order chi connectivity index (χ0) is 28.7. The van der Waals surface area contributed by atoms with Gasteiger partial charge in [-0.3, -0.25) is 19.3 Å². The fraction of sp³-hybridized carbons (Fsp3) is 0.409. The third kappa shape index (κ3) is 7.39. The molecule has 0 spiro atoms. The molecule has 0 saturated carbocycles. The number of aliphatic carboxylic acids is 1. The highest BCUT2D eigenvalue weighted by molar-refractivity contribution is 8.00. The standard InChI is InChI=1S/C22H27FN8O6S2/c1-31(2,9-4-6-13(24)32)8-3-5-12-11-38-20-15(19(34)30(20)16(12)21(35)36)26-18(33)14(28-37-10-7-23)17-27-22(25)39-29-17/h3-6,15,20H,7-11H2,1-2H3,(H5-,24,25,26,27,29,32,33,35,36)/p+1/b5-3+,6-4+,28-14-. The normalized spacial score (nSPS) is 19.8. The van der Waals surface area contributed by atoms with Gasteiger partial charge in [-0.15, -0.1) is 11.8 Å². The van der Waals surface area contributed by atoms with Gasteiger partial charge in [0.15, 0.2) is 5.13 Å². The zero-order valence-corrected chi connectivity index (χ0v) is 22.7. The van der Waals surface area contributed by atoms with Crippen LogP contribution in [0.4, 0.5) is 9.52 Å². The molecular weight excluding hydrogens is 555 g/mol. The van der Waals surface area contributed by atoms with E-state index in [4.69, 9.17) is 16.3 Å². The summed E-state index contributed by atoms with van der Waals surface area (Å²) in [5.41, 5.74) is 10.6. The van der Waals surface area contributed by atoms with Crippen LogP contribution in [0.3, 0.4) is 0 Å². The number of likely N-dealkylation sites (N-methyl/N-ethyl adjacent to an activating group) is 1. The summed E-state index contributed by atoms with van der Waals surface area (Å²) in [6, 6.07) is -1.04. The number of β-lactam (4-membered cyclic amide) rings is 1. The molecule has 2 atom stereocenters. The second-order valence-corrected chi connectivity index (χ2v) is 10.9. The second-order valence-electron chi connectivity index (χ2n) is 8.97. The zero-order valence-electron chi connectivity index (χ0n) is 21.1. The molecule has 3 heterocycles. The van der Waals surface area contributed by atoms with Crippen LogP contribution in [0.2, 0.25) is 0 Å². The highest BCUT2D eigenvalue weighted by Gasteiger charge is 2.54. The first-order chi connectivity index (χ1) is 18.4. The van der Waals surface area contributed by atoms with Crippen molar-refractivity contribution in [3.05, 3.63) is 41.4 Å². The van der Waals surface area contributed by atoms with Crippen LogP contribution >= 0.6 is 23.3 Å². The minimum absolute atomic E-state index is 0.0610. The number of nitrogens with one attached hydrogen (secondary N) is 1. The molecule has 14 nitrogen and oxygen atoms in total. The Bertz CT molecular complexity index is 1260. The van der Waals surface area contributed by atoms with Crippen LogP contribution in [0.5, 0.6) is 0 Å². The number of carbonyl (C=O) groups is 4. The molecule has 210 valence electrons. The number of nitrogens with two attached hydrogens (primary N) is 2. The van der Waals surface area contributed by atoms with E-state index in [9.17, 15) is 28.7 Å². The Balaban J connectivity index is 1.73. The first kappa shape index (κ1) is 29.7. The van der Waals surface area contributed by atoms with Gasteiger partial charge in [-0.05, 0) is 17.7 Å². The highest BCUT2D eigenvalue weighted by atomic mass is 32.2. The molecule has 39 heavy (non-hydrogen) atoms. The molecule has 6 N–H and O–H groups in total. The number of nitrogens with zero attached hydrogens (tertiary/aromatic N) is 5. The van der Waals surface area contributed by atoms with Gasteiger partial charge in [-0.25, -0.2) is 9.18 Å². The lowest BCUT2D eigenvalue weighted by Crippen LogP contribution is -2.71. The fourth-order valence-electron chi connectivity index (χ4n) is 3.65. The second kappa shape index (κ2) is 12.8. The number of fused-ring (bicyclic) bond motifs is 1. The molecule has 0 aromatic carbocycles. The van der Waals surface area contributed by atoms with Gasteiger partial charge in [0, 0.05) is 23.4 Å². The molecule has 0 aliphatic carbocycles. The third-order valence-corrected chi connectivity index (χ3v) is 7.33. The molecule has 3 amide bonds. The summed E-state index contributed by atoms with van der Waals surface area (Å²) in [5, 5.41) is 15.4. The van der Waals surface area contributed by atoms with Crippen LogP contribution in [-0.2, 0) is 24.0 Å². The van der Waals surface area contributed by atoms with E-state index < -0.39 is 54.1 Å². The molecule has 3 rings (SSSR count). The van der Waals surface area contributed by atoms with Crippen LogP contribution in [0.1, 0.15) is 5.82 Å². The van der Waals surface area contributed by atoms with Crippen LogP contribution < -0.4 is 16.8 Å². The van der Waals surface area contributed by atoms with Crippen molar-refractivity contribution in [3.63, 3.8) is 0 Å². The smallest absolute Gasteiger partial charge is 0.352 e. The van der Waals surface area contributed by atoms with Crippen molar-refractivity contribution >= 4 is 57.8 Å². The summed E-state index contributed by atoms with van der Waals surface area (Å²) in [6.45, 7) is -0.214. The summed E-state index contributed by atoms with van der Waals surface area (Å²) >= 11 is 2.09. The monoisotopic (exact) mass is 583 g/mol. The molecule has 2 unspecified atom stereocenters. The molecule has 0 bridgehead atoms. The summed E-state index contributed by atoms with van der Waals surface area (Å²) < 4.78 is 16.8. The number of anilines is 1. The largest absolute Gasteiger partial charge is 0.477 e. The van der Waals surface area contributed by atoms with E-state index in [1.54, 1.807) is 18.2 Å². The predicted molar refractivity (Wildman–Crippen MR) is 142 cm³/mol. The average Bonchev–Trinajstić information content (AvgIpc) is 3.29. The number of halogens is 1. The van der Waals surface area contributed by atoms with Gasteiger partial charge in [0.1, 0.15) is 30.4 Å². The molecule has 2 aliphatic heterocycles. The van der Waals surface area contributed by atoms with Crippen molar-refractivity contribution < 1.29 is 38.0 Å². The van der Waals surface area contributed by atoms with Crippen molar-refractivity contribution in [2.24, 2.45) is 10.9 Å². The quantitative estimate of drug-likeness (QED) is 0.0570. The summed E-state index contributed by atoms with van der Waals surface area (Å²) in [7, 11) is 3.85. The molecular formula is C22H28FN8O6S2+. The predicted octanol–water partition coefficient (Wildman–Crippen LogP) is -0.777. The number of rotatable bonds is 13. The Labute approximate surface area is 231 Å². The summed E-state index contributed by atoms with van der Waals surface area (Å²) in [4.78, 5) is 58.7. The van der Waals surface area contributed by atoms with E-state index >= 15 is 0 Å². The first-order valence-electron chi connectivity index (χ1n) is 11.5. The van der Waals surface area contributed by atoms with Crippen LogP contribution in [0.25, 0.3) is 0 Å². The number of hydrogen-bond acceptors (Lipinski definition) is 11. The molecule has 0 radical (unpaired) electrons. The van der Waals surface area contributed by atoms with Gasteiger partial charge < -0.3 is 31.2 Å². The van der Waals surface area contributed by atoms with Crippen molar-refractivity contribution in [2.75, 3.05) is 52.0 Å². The number of oxime groups is 1. The maximum atomic E-state index is 13.0. The van der Waals surface area contributed by atoms with Gasteiger partial charge in [0.2, 0.25) is 17.4 Å². The number of quaternary nitrogens is 1. The number of carboxylic acids is 1. The van der Waals surface area contributed by atoms with Crippen molar-refractivity contribution in [1.29, 1.82) is 0 Å². The van der Waals surface area contributed by atoms with E-state index in [1.165, 1.54) is 17.8 Å². The Morgan fingerprint density at radius 2 is 2.05 bits per heavy atom. The summed E-state index contributed by atoms with van der Waals surface area (Å²) in [6.07, 6.45) is 6.41. The van der Waals surface area contributed by atoms with Gasteiger partial charge in [-0.2, -0.15) is 9.36 Å². The highest BCUT2D eigenvalue weighted by Crippen LogP contribution is 2.40. The molecule has 2 aliphatic rings. The van der Waals surface area contributed by atoms with Crippen molar-refractivity contribution in [2.45, 2.75) is 11.4 Å². The molecule has 1 aromatic heterocycles. The number of hydrogen-bond donors (Lipinski definition) is 4. The summed E-state index contributed by atoms with van der Waals surface area (Å²) in [5.74, 6) is -3.17. The van der Waals surface area contributed by atoms with Crippen molar-refractivity contribution in [1.82, 2.24) is 19.6 Å². The lowest BCUT2D eigenvalue weighted by atomic mass is 10.0. The Kier molecular flexibility index (Phi) is 9.76. The third-order valence-electron chi connectivity index (χ3n) is 5.48. The average molecular weight is 584 g/mol. The lowest BCUT2D eigenvalue weighted by Gasteiger charge is -2.49. The fourth-order valence-corrected chi connectivity index (χ4v) is 5.40. The number of aromatic nitrogens is 2. The van der Waals surface area contributed by atoms with E-state index in [0.717, 1.165) is 16.4 Å².